The van der Waals surface area contributed by atoms with Gasteiger partial charge in [-0.15, -0.1) is 0 Å². The molecule has 1 aliphatic rings. The van der Waals surface area contributed by atoms with Gasteiger partial charge >= 0.3 is 0 Å². The van der Waals surface area contributed by atoms with Gasteiger partial charge in [-0.2, -0.15) is 0 Å². The van der Waals surface area contributed by atoms with E-state index in [0.29, 0.717) is 6.54 Å². The van der Waals surface area contributed by atoms with E-state index in [4.69, 9.17) is 5.73 Å². The van der Waals surface area contributed by atoms with Crippen LogP contribution < -0.4 is 5.73 Å². The van der Waals surface area contributed by atoms with Crippen LogP contribution in [0.1, 0.15) is 32.6 Å². The highest BCUT2D eigenvalue weighted by molar-refractivity contribution is 4.80. The Bertz CT molecular complexity index is 166. The van der Waals surface area contributed by atoms with Gasteiger partial charge in [-0.25, -0.2) is 8.78 Å². The zero-order valence-corrected chi connectivity index (χ0v) is 8.81. The zero-order valence-electron chi connectivity index (χ0n) is 8.81. The lowest BCUT2D eigenvalue weighted by atomic mass is 9.99. The number of piperidine rings is 1. The summed E-state index contributed by atoms with van der Waals surface area (Å²) >= 11 is 0. The summed E-state index contributed by atoms with van der Waals surface area (Å²) in [6.45, 7) is 2.27. The molecule has 0 saturated carbocycles. The molecule has 0 aliphatic carbocycles. The monoisotopic (exact) mass is 206 g/mol. The van der Waals surface area contributed by atoms with E-state index in [-0.39, 0.29) is 12.6 Å². The highest BCUT2D eigenvalue weighted by atomic mass is 19.3. The van der Waals surface area contributed by atoms with E-state index in [1.165, 1.54) is 0 Å². The minimum Gasteiger partial charge on any atom is -0.330 e. The SMILES string of the molecule is CC(F)(F)CN1CCCCC1CCN. The molecule has 0 spiro atoms. The topological polar surface area (TPSA) is 29.3 Å². The number of rotatable bonds is 4. The Labute approximate surface area is 84.4 Å². The van der Waals surface area contributed by atoms with E-state index >= 15 is 0 Å². The van der Waals surface area contributed by atoms with Gasteiger partial charge in [-0.1, -0.05) is 6.42 Å². The molecule has 2 nitrogen and oxygen atoms in total. The van der Waals surface area contributed by atoms with E-state index in [1.54, 1.807) is 0 Å². The van der Waals surface area contributed by atoms with Gasteiger partial charge in [0.15, 0.2) is 0 Å². The lowest BCUT2D eigenvalue weighted by Crippen LogP contribution is -2.45. The van der Waals surface area contributed by atoms with Crippen LogP contribution in [-0.2, 0) is 0 Å². The molecule has 1 aliphatic heterocycles. The van der Waals surface area contributed by atoms with Crippen molar-refractivity contribution < 1.29 is 8.78 Å². The van der Waals surface area contributed by atoms with E-state index in [0.717, 1.165) is 39.2 Å². The summed E-state index contributed by atoms with van der Waals surface area (Å²) < 4.78 is 25.7. The molecule has 0 aromatic carbocycles. The van der Waals surface area contributed by atoms with Crippen molar-refractivity contribution in [1.29, 1.82) is 0 Å². The van der Waals surface area contributed by atoms with Crippen LogP contribution in [0.5, 0.6) is 0 Å². The Morgan fingerprint density at radius 1 is 1.43 bits per heavy atom. The van der Waals surface area contributed by atoms with Crippen LogP contribution in [0.25, 0.3) is 0 Å². The molecule has 84 valence electrons. The molecule has 1 atom stereocenters. The average Bonchev–Trinajstić information content (AvgIpc) is 2.06. The van der Waals surface area contributed by atoms with Crippen molar-refractivity contribution in [3.05, 3.63) is 0 Å². The van der Waals surface area contributed by atoms with Crippen molar-refractivity contribution in [2.45, 2.75) is 44.6 Å². The molecule has 4 heteroatoms. The summed E-state index contributed by atoms with van der Waals surface area (Å²) in [7, 11) is 0. The number of hydrogen-bond donors (Lipinski definition) is 1. The lowest BCUT2D eigenvalue weighted by Gasteiger charge is -2.36. The van der Waals surface area contributed by atoms with Gasteiger partial charge in [0.25, 0.3) is 5.92 Å². The summed E-state index contributed by atoms with van der Waals surface area (Å²) in [5.74, 6) is -2.58. The maximum atomic E-state index is 12.8. The van der Waals surface area contributed by atoms with Crippen LogP contribution in [0, 0.1) is 0 Å². The van der Waals surface area contributed by atoms with Crippen molar-refractivity contribution in [2.24, 2.45) is 5.73 Å². The Balaban J connectivity index is 2.45. The van der Waals surface area contributed by atoms with Gasteiger partial charge in [-0.05, 0) is 32.4 Å². The fourth-order valence-corrected chi connectivity index (χ4v) is 2.14. The van der Waals surface area contributed by atoms with Crippen LogP contribution in [-0.4, -0.2) is 36.5 Å². The first-order valence-corrected chi connectivity index (χ1v) is 5.35. The van der Waals surface area contributed by atoms with Crippen molar-refractivity contribution in [1.82, 2.24) is 4.90 Å². The van der Waals surface area contributed by atoms with E-state index in [1.807, 2.05) is 4.90 Å². The molecule has 1 saturated heterocycles. The van der Waals surface area contributed by atoms with Crippen molar-refractivity contribution in [3.63, 3.8) is 0 Å². The molecule has 2 N–H and O–H groups in total. The molecule has 0 amide bonds. The molecule has 1 unspecified atom stereocenters. The quantitative estimate of drug-likeness (QED) is 0.760. The van der Waals surface area contributed by atoms with Gasteiger partial charge in [0, 0.05) is 13.0 Å². The summed E-state index contributed by atoms with van der Waals surface area (Å²) in [6, 6.07) is 0.277. The van der Waals surface area contributed by atoms with Gasteiger partial charge in [0.05, 0.1) is 6.54 Å². The first kappa shape index (κ1) is 11.9. The molecular formula is C10H20F2N2. The van der Waals surface area contributed by atoms with Gasteiger partial charge in [-0.3, -0.25) is 4.90 Å². The second-order valence-corrected chi connectivity index (χ2v) is 4.27. The summed E-state index contributed by atoms with van der Waals surface area (Å²) in [4.78, 5) is 1.90. The van der Waals surface area contributed by atoms with Crippen LogP contribution in [0.3, 0.4) is 0 Å². The van der Waals surface area contributed by atoms with E-state index < -0.39 is 5.92 Å². The number of nitrogens with two attached hydrogens (primary N) is 1. The molecule has 1 rings (SSSR count). The van der Waals surface area contributed by atoms with Crippen molar-refractivity contribution in [3.8, 4) is 0 Å². The lowest BCUT2D eigenvalue weighted by molar-refractivity contribution is -0.0340. The van der Waals surface area contributed by atoms with Crippen LogP contribution >= 0.6 is 0 Å². The van der Waals surface area contributed by atoms with Crippen LogP contribution in [0.2, 0.25) is 0 Å². The smallest absolute Gasteiger partial charge is 0.257 e. The highest BCUT2D eigenvalue weighted by Gasteiger charge is 2.30. The third-order valence-electron chi connectivity index (χ3n) is 2.73. The van der Waals surface area contributed by atoms with E-state index in [9.17, 15) is 8.78 Å². The molecule has 1 heterocycles. The van der Waals surface area contributed by atoms with E-state index in [2.05, 4.69) is 0 Å². The Morgan fingerprint density at radius 3 is 2.71 bits per heavy atom. The molecule has 0 bridgehead atoms. The maximum absolute atomic E-state index is 12.8. The predicted molar refractivity (Wildman–Crippen MR) is 53.5 cm³/mol. The highest BCUT2D eigenvalue weighted by Crippen LogP contribution is 2.23. The average molecular weight is 206 g/mol. The normalized spacial score (nSPS) is 25.3. The van der Waals surface area contributed by atoms with Gasteiger partial charge in [0.1, 0.15) is 0 Å². The molecule has 1 fully saturated rings. The number of nitrogens with zero attached hydrogens (tertiary/aromatic N) is 1. The first-order valence-electron chi connectivity index (χ1n) is 5.35. The Hall–Kier alpha value is -0.220. The minimum atomic E-state index is -2.58. The third kappa shape index (κ3) is 3.88. The fourth-order valence-electron chi connectivity index (χ4n) is 2.14. The number of hydrogen-bond acceptors (Lipinski definition) is 2. The fraction of sp³-hybridized carbons (Fsp3) is 1.00. The Kier molecular flexibility index (Phi) is 4.26. The predicted octanol–water partition coefficient (Wildman–Crippen LogP) is 1.84. The number of halogens is 2. The molecular weight excluding hydrogens is 186 g/mol. The van der Waals surface area contributed by atoms with Crippen LogP contribution in [0.4, 0.5) is 8.78 Å². The second-order valence-electron chi connectivity index (χ2n) is 4.27. The summed E-state index contributed by atoms with van der Waals surface area (Å²) in [5, 5.41) is 0. The third-order valence-corrected chi connectivity index (χ3v) is 2.73. The molecule has 14 heavy (non-hydrogen) atoms. The summed E-state index contributed by atoms with van der Waals surface area (Å²) in [6.07, 6.45) is 4.05. The van der Waals surface area contributed by atoms with Gasteiger partial charge < -0.3 is 5.73 Å². The second kappa shape index (κ2) is 5.03. The minimum absolute atomic E-state index is 0.113. The Morgan fingerprint density at radius 2 is 2.14 bits per heavy atom. The summed E-state index contributed by atoms with van der Waals surface area (Å²) in [5.41, 5.74) is 5.47. The number of likely N-dealkylation sites (tertiary alicyclic amines) is 1. The maximum Gasteiger partial charge on any atom is 0.257 e. The zero-order chi connectivity index (χ0) is 10.6. The van der Waals surface area contributed by atoms with Crippen LogP contribution in [0.15, 0.2) is 0 Å². The van der Waals surface area contributed by atoms with Crippen molar-refractivity contribution in [2.75, 3.05) is 19.6 Å². The van der Waals surface area contributed by atoms with Crippen molar-refractivity contribution >= 4 is 0 Å². The molecule has 0 aromatic rings. The number of alkyl halides is 2. The molecule has 0 radical (unpaired) electrons. The standard InChI is InChI=1S/C10H20F2N2/c1-10(11,12)8-14-7-3-2-4-9(14)5-6-13/h9H,2-8,13H2,1H3. The first-order chi connectivity index (χ1) is 6.53. The van der Waals surface area contributed by atoms with Gasteiger partial charge in [0.2, 0.25) is 0 Å². The largest absolute Gasteiger partial charge is 0.330 e. The molecule has 0 aromatic heterocycles.